The second-order valence-corrected chi connectivity index (χ2v) is 8.48. The lowest BCUT2D eigenvalue weighted by Crippen LogP contribution is -2.37. The first kappa shape index (κ1) is 16.3. The Labute approximate surface area is 127 Å². The molecule has 0 aromatic carbocycles. The fourth-order valence-corrected chi connectivity index (χ4v) is 6.59. The number of carboxylic acid groups (broad SMARTS) is 1. The Morgan fingerprint density at radius 3 is 2.71 bits per heavy atom. The molecule has 2 atom stereocenters. The van der Waals surface area contributed by atoms with Crippen molar-refractivity contribution in [2.45, 2.75) is 37.5 Å². The summed E-state index contributed by atoms with van der Waals surface area (Å²) in [5, 5.41) is 9.05. The van der Waals surface area contributed by atoms with Crippen molar-refractivity contribution >= 4 is 38.6 Å². The molecule has 2 fully saturated rings. The van der Waals surface area contributed by atoms with Crippen LogP contribution < -0.4 is 0 Å². The molecule has 2 aliphatic heterocycles. The van der Waals surface area contributed by atoms with E-state index in [-0.39, 0.29) is 48.0 Å². The third-order valence-electron chi connectivity index (χ3n) is 3.52. The van der Waals surface area contributed by atoms with Crippen molar-refractivity contribution in [1.82, 2.24) is 4.90 Å². The Morgan fingerprint density at radius 2 is 2.10 bits per heavy atom. The Balaban J connectivity index is 1.99. The number of amidine groups is 1. The standard InChI is InChI=1S/C12H18N2O5S2/c1-2-14-8-6-21(18,19)7-9(8)20-12(14)13-10(15)4-3-5-11(16)17/h8-9H,2-7H2,1H3,(H,16,17). The number of aliphatic carboxylic acids is 1. The number of thioether (sulfide) groups is 1. The van der Waals surface area contributed by atoms with Crippen molar-refractivity contribution in [3.8, 4) is 0 Å². The van der Waals surface area contributed by atoms with Gasteiger partial charge in [-0.3, -0.25) is 9.59 Å². The zero-order valence-electron chi connectivity index (χ0n) is 11.7. The van der Waals surface area contributed by atoms with E-state index in [1.54, 1.807) is 0 Å². The van der Waals surface area contributed by atoms with Gasteiger partial charge in [0.05, 0.1) is 17.5 Å². The minimum Gasteiger partial charge on any atom is -0.481 e. The van der Waals surface area contributed by atoms with Crippen LogP contribution in [0, 0.1) is 0 Å². The van der Waals surface area contributed by atoms with Crippen LogP contribution in [-0.4, -0.2) is 64.8 Å². The summed E-state index contributed by atoms with van der Waals surface area (Å²) in [6, 6.07) is -0.101. The predicted molar refractivity (Wildman–Crippen MR) is 80.1 cm³/mol. The summed E-state index contributed by atoms with van der Waals surface area (Å²) in [6.07, 6.45) is 0.315. The number of carbonyl (C=O) groups is 2. The van der Waals surface area contributed by atoms with Gasteiger partial charge in [0.25, 0.3) is 0 Å². The van der Waals surface area contributed by atoms with Crippen LogP contribution in [0.1, 0.15) is 26.2 Å². The highest BCUT2D eigenvalue weighted by Crippen LogP contribution is 2.37. The lowest BCUT2D eigenvalue weighted by Gasteiger charge is -2.22. The van der Waals surface area contributed by atoms with E-state index in [0.717, 1.165) is 0 Å². The summed E-state index contributed by atoms with van der Waals surface area (Å²) in [5.74, 6) is -1.03. The van der Waals surface area contributed by atoms with Crippen molar-refractivity contribution < 1.29 is 23.1 Å². The maximum absolute atomic E-state index is 11.8. The molecule has 118 valence electrons. The number of fused-ring (bicyclic) bond motifs is 1. The molecular weight excluding hydrogens is 316 g/mol. The lowest BCUT2D eigenvalue weighted by atomic mass is 10.2. The summed E-state index contributed by atoms with van der Waals surface area (Å²) >= 11 is 1.34. The van der Waals surface area contributed by atoms with Crippen LogP contribution >= 0.6 is 11.8 Å². The first-order chi connectivity index (χ1) is 9.82. The molecule has 2 saturated heterocycles. The molecule has 2 aliphatic rings. The first-order valence-corrected chi connectivity index (χ1v) is 9.49. The van der Waals surface area contributed by atoms with E-state index in [4.69, 9.17) is 5.11 Å². The van der Waals surface area contributed by atoms with Crippen LogP contribution in [-0.2, 0) is 19.4 Å². The lowest BCUT2D eigenvalue weighted by molar-refractivity contribution is -0.137. The van der Waals surface area contributed by atoms with Gasteiger partial charge in [-0.15, -0.1) is 0 Å². The van der Waals surface area contributed by atoms with Crippen LogP contribution in [0.2, 0.25) is 0 Å². The smallest absolute Gasteiger partial charge is 0.303 e. The fraction of sp³-hybridized carbons (Fsp3) is 0.750. The maximum Gasteiger partial charge on any atom is 0.303 e. The van der Waals surface area contributed by atoms with Crippen molar-refractivity contribution in [2.24, 2.45) is 4.99 Å². The summed E-state index contributed by atoms with van der Waals surface area (Å²) in [6.45, 7) is 2.50. The highest BCUT2D eigenvalue weighted by molar-refractivity contribution is 8.15. The summed E-state index contributed by atoms with van der Waals surface area (Å²) < 4.78 is 23.3. The van der Waals surface area contributed by atoms with Gasteiger partial charge in [0.15, 0.2) is 15.0 Å². The molecule has 0 aromatic heterocycles. The van der Waals surface area contributed by atoms with Gasteiger partial charge < -0.3 is 10.0 Å². The average Bonchev–Trinajstić information content (AvgIpc) is 2.79. The SMILES string of the molecule is CCN1C(=NC(=O)CCCC(=O)O)SC2CS(=O)(=O)CC21. The van der Waals surface area contributed by atoms with Crippen molar-refractivity contribution in [3.63, 3.8) is 0 Å². The van der Waals surface area contributed by atoms with E-state index in [2.05, 4.69) is 4.99 Å². The van der Waals surface area contributed by atoms with Crippen LogP contribution in [0.25, 0.3) is 0 Å². The quantitative estimate of drug-likeness (QED) is 0.774. The van der Waals surface area contributed by atoms with Crippen LogP contribution in [0.15, 0.2) is 4.99 Å². The largest absolute Gasteiger partial charge is 0.481 e. The molecule has 2 unspecified atom stereocenters. The Bertz CT molecular complexity index is 572. The average molecular weight is 334 g/mol. The summed E-state index contributed by atoms with van der Waals surface area (Å²) in [7, 11) is -2.99. The molecule has 9 heteroatoms. The van der Waals surface area contributed by atoms with Gasteiger partial charge in [-0.1, -0.05) is 11.8 Å². The highest BCUT2D eigenvalue weighted by Gasteiger charge is 2.48. The Kier molecular flexibility index (Phi) is 4.92. The minimum atomic E-state index is -2.99. The van der Waals surface area contributed by atoms with Gasteiger partial charge in [-0.25, -0.2) is 8.42 Å². The van der Waals surface area contributed by atoms with Crippen LogP contribution in [0.3, 0.4) is 0 Å². The highest BCUT2D eigenvalue weighted by atomic mass is 32.2. The third-order valence-corrected chi connectivity index (χ3v) is 6.76. The third kappa shape index (κ3) is 3.97. The predicted octanol–water partition coefficient (Wildman–Crippen LogP) is 0.358. The fourth-order valence-electron chi connectivity index (χ4n) is 2.56. The van der Waals surface area contributed by atoms with Gasteiger partial charge in [-0.05, 0) is 13.3 Å². The number of nitrogens with zero attached hydrogens (tertiary/aromatic N) is 2. The zero-order valence-corrected chi connectivity index (χ0v) is 13.3. The molecule has 7 nitrogen and oxygen atoms in total. The van der Waals surface area contributed by atoms with Gasteiger partial charge in [0, 0.05) is 24.6 Å². The summed E-state index contributed by atoms with van der Waals surface area (Å²) in [5.41, 5.74) is 0. The van der Waals surface area contributed by atoms with E-state index in [1.807, 2.05) is 11.8 Å². The second kappa shape index (κ2) is 6.35. The van der Waals surface area contributed by atoms with Crippen LogP contribution in [0.4, 0.5) is 0 Å². The van der Waals surface area contributed by atoms with E-state index < -0.39 is 15.8 Å². The number of amides is 1. The molecule has 0 spiro atoms. The first-order valence-electron chi connectivity index (χ1n) is 6.79. The molecule has 0 radical (unpaired) electrons. The number of hydrogen-bond acceptors (Lipinski definition) is 5. The number of carbonyl (C=O) groups excluding carboxylic acids is 1. The van der Waals surface area contributed by atoms with E-state index in [9.17, 15) is 18.0 Å². The zero-order chi connectivity index (χ0) is 15.6. The molecule has 2 heterocycles. The molecule has 21 heavy (non-hydrogen) atoms. The molecular formula is C12H18N2O5S2. The molecule has 0 aliphatic carbocycles. The molecule has 2 rings (SSSR count). The van der Waals surface area contributed by atoms with Gasteiger partial charge >= 0.3 is 5.97 Å². The van der Waals surface area contributed by atoms with Gasteiger partial charge in [0.2, 0.25) is 5.91 Å². The van der Waals surface area contributed by atoms with Gasteiger partial charge in [0.1, 0.15) is 0 Å². The van der Waals surface area contributed by atoms with Crippen LogP contribution in [0.5, 0.6) is 0 Å². The van der Waals surface area contributed by atoms with Crippen molar-refractivity contribution in [3.05, 3.63) is 0 Å². The Hall–Kier alpha value is -1.09. The van der Waals surface area contributed by atoms with E-state index >= 15 is 0 Å². The van der Waals surface area contributed by atoms with E-state index in [0.29, 0.717) is 11.7 Å². The van der Waals surface area contributed by atoms with Crippen molar-refractivity contribution in [1.29, 1.82) is 0 Å². The molecule has 0 bridgehead atoms. The van der Waals surface area contributed by atoms with Gasteiger partial charge in [-0.2, -0.15) is 4.99 Å². The molecule has 0 saturated carbocycles. The van der Waals surface area contributed by atoms with E-state index in [1.165, 1.54) is 11.8 Å². The number of hydrogen-bond donors (Lipinski definition) is 1. The topological polar surface area (TPSA) is 104 Å². The number of carboxylic acids is 1. The maximum atomic E-state index is 11.8. The Morgan fingerprint density at radius 1 is 1.38 bits per heavy atom. The number of sulfone groups is 1. The summed E-state index contributed by atoms with van der Waals surface area (Å²) in [4.78, 5) is 28.1. The molecule has 1 amide bonds. The normalized spacial score (nSPS) is 28.8. The number of aliphatic imine (C=N–C) groups is 1. The minimum absolute atomic E-state index is 0.0509. The molecule has 1 N–H and O–H groups in total. The van der Waals surface area contributed by atoms with Crippen molar-refractivity contribution in [2.75, 3.05) is 18.1 Å². The molecule has 0 aromatic rings. The number of rotatable bonds is 5. The monoisotopic (exact) mass is 334 g/mol. The second-order valence-electron chi connectivity index (χ2n) is 5.12.